The van der Waals surface area contributed by atoms with E-state index in [2.05, 4.69) is 10.5 Å². The highest BCUT2D eigenvalue weighted by Gasteiger charge is 2.11. The van der Waals surface area contributed by atoms with Crippen LogP contribution in [0.3, 0.4) is 0 Å². The Morgan fingerprint density at radius 2 is 1.96 bits per heavy atom. The minimum absolute atomic E-state index is 0.232. The monoisotopic (exact) mass is 334 g/mol. The van der Waals surface area contributed by atoms with E-state index in [4.69, 9.17) is 9.47 Å². The molecule has 1 aliphatic rings. The lowest BCUT2D eigenvalue weighted by molar-refractivity contribution is 0.0955. The second-order valence-corrected chi connectivity index (χ2v) is 5.45. The number of fused-ring (bicyclic) bond motifs is 1. The average Bonchev–Trinajstić information content (AvgIpc) is 3.08. The number of aryl methyl sites for hydroxylation is 1. The fourth-order valence-corrected chi connectivity index (χ4v) is 2.29. The molecule has 0 aromatic heterocycles. The highest BCUT2D eigenvalue weighted by Crippen LogP contribution is 2.32. The molecule has 0 unspecified atom stereocenters. The van der Waals surface area contributed by atoms with Gasteiger partial charge in [-0.2, -0.15) is 5.10 Å². The van der Waals surface area contributed by atoms with Gasteiger partial charge in [0, 0.05) is 11.8 Å². The number of carbonyl (C=O) groups excluding carboxylic acids is 1. The Balaban J connectivity index is 1.48. The van der Waals surface area contributed by atoms with E-state index in [1.807, 2.05) is 61.5 Å². The highest BCUT2D eigenvalue weighted by molar-refractivity contribution is 5.94. The summed E-state index contributed by atoms with van der Waals surface area (Å²) in [5.41, 5.74) is 5.12. The lowest BCUT2D eigenvalue weighted by Gasteiger charge is -1.99. The number of rotatable bonds is 5. The van der Waals surface area contributed by atoms with Crippen LogP contribution in [-0.2, 0) is 0 Å². The SMILES string of the molecule is Cc1cccc(C(=O)N/N=C/C=C/C=C/c2ccc3c(c2)OCO3)c1. The van der Waals surface area contributed by atoms with Gasteiger partial charge >= 0.3 is 0 Å². The number of hydrazone groups is 1. The molecule has 0 saturated heterocycles. The van der Waals surface area contributed by atoms with Gasteiger partial charge in [-0.15, -0.1) is 0 Å². The molecule has 0 aliphatic carbocycles. The Bertz CT molecular complexity index is 854. The van der Waals surface area contributed by atoms with Crippen molar-refractivity contribution >= 4 is 18.2 Å². The molecule has 0 spiro atoms. The fourth-order valence-electron chi connectivity index (χ4n) is 2.29. The number of allylic oxidation sites excluding steroid dienone is 3. The number of hydrogen-bond acceptors (Lipinski definition) is 4. The number of ether oxygens (including phenoxy) is 2. The van der Waals surface area contributed by atoms with Crippen LogP contribution in [0.1, 0.15) is 21.5 Å². The van der Waals surface area contributed by atoms with Gasteiger partial charge in [-0.1, -0.05) is 42.0 Å². The van der Waals surface area contributed by atoms with Crippen molar-refractivity contribution in [1.29, 1.82) is 0 Å². The summed E-state index contributed by atoms with van der Waals surface area (Å²) < 4.78 is 10.6. The van der Waals surface area contributed by atoms with Gasteiger partial charge in [0.2, 0.25) is 6.79 Å². The van der Waals surface area contributed by atoms with Crippen molar-refractivity contribution in [3.8, 4) is 11.5 Å². The van der Waals surface area contributed by atoms with Gasteiger partial charge in [-0.3, -0.25) is 4.79 Å². The Morgan fingerprint density at radius 1 is 1.08 bits per heavy atom. The van der Waals surface area contributed by atoms with E-state index in [-0.39, 0.29) is 12.7 Å². The average molecular weight is 334 g/mol. The minimum Gasteiger partial charge on any atom is -0.454 e. The molecule has 0 atom stereocenters. The third-order valence-electron chi connectivity index (χ3n) is 3.51. The first-order valence-electron chi connectivity index (χ1n) is 7.85. The Morgan fingerprint density at radius 3 is 2.84 bits per heavy atom. The summed E-state index contributed by atoms with van der Waals surface area (Å²) in [6.45, 7) is 2.21. The molecule has 0 radical (unpaired) electrons. The number of carbonyl (C=O) groups is 1. The summed E-state index contributed by atoms with van der Waals surface area (Å²) >= 11 is 0. The zero-order valence-corrected chi connectivity index (χ0v) is 13.8. The second-order valence-electron chi connectivity index (χ2n) is 5.45. The molecule has 1 N–H and O–H groups in total. The van der Waals surface area contributed by atoms with Crippen LogP contribution in [0.5, 0.6) is 11.5 Å². The summed E-state index contributed by atoms with van der Waals surface area (Å²) in [4.78, 5) is 11.9. The number of nitrogens with one attached hydrogen (secondary N) is 1. The molecule has 126 valence electrons. The van der Waals surface area contributed by atoms with Crippen molar-refractivity contribution in [1.82, 2.24) is 5.43 Å². The molecule has 0 fully saturated rings. The smallest absolute Gasteiger partial charge is 0.271 e. The van der Waals surface area contributed by atoms with Crippen LogP contribution >= 0.6 is 0 Å². The predicted octanol–water partition coefficient (Wildman–Crippen LogP) is 3.71. The molecule has 5 nitrogen and oxygen atoms in total. The molecular weight excluding hydrogens is 316 g/mol. The van der Waals surface area contributed by atoms with Gasteiger partial charge in [0.25, 0.3) is 5.91 Å². The summed E-state index contributed by atoms with van der Waals surface area (Å²) in [5.74, 6) is 1.29. The van der Waals surface area contributed by atoms with Crippen LogP contribution in [0.2, 0.25) is 0 Å². The van der Waals surface area contributed by atoms with Crippen LogP contribution in [0.25, 0.3) is 6.08 Å². The molecule has 3 rings (SSSR count). The number of hydrogen-bond donors (Lipinski definition) is 1. The normalized spacial score (nSPS) is 13.2. The summed E-state index contributed by atoms with van der Waals surface area (Å²) in [6, 6.07) is 13.1. The zero-order valence-electron chi connectivity index (χ0n) is 13.8. The van der Waals surface area contributed by atoms with Gasteiger partial charge in [0.1, 0.15) is 0 Å². The van der Waals surface area contributed by atoms with Gasteiger partial charge in [0.15, 0.2) is 11.5 Å². The maximum atomic E-state index is 11.9. The lowest BCUT2D eigenvalue weighted by atomic mass is 10.1. The topological polar surface area (TPSA) is 59.9 Å². The molecule has 0 bridgehead atoms. The first-order chi connectivity index (χ1) is 12.2. The Labute approximate surface area is 146 Å². The predicted molar refractivity (Wildman–Crippen MR) is 97.9 cm³/mol. The van der Waals surface area contributed by atoms with Crippen LogP contribution < -0.4 is 14.9 Å². The van der Waals surface area contributed by atoms with Gasteiger partial charge in [-0.25, -0.2) is 5.43 Å². The van der Waals surface area contributed by atoms with E-state index < -0.39 is 0 Å². The molecule has 25 heavy (non-hydrogen) atoms. The van der Waals surface area contributed by atoms with E-state index in [1.165, 1.54) is 6.21 Å². The second kappa shape index (κ2) is 7.97. The maximum absolute atomic E-state index is 11.9. The fraction of sp³-hybridized carbons (Fsp3) is 0.100. The van der Waals surface area contributed by atoms with E-state index in [0.29, 0.717) is 5.56 Å². The van der Waals surface area contributed by atoms with Crippen molar-refractivity contribution in [2.45, 2.75) is 6.92 Å². The Kier molecular flexibility index (Phi) is 5.26. The summed E-state index contributed by atoms with van der Waals surface area (Å²) in [6.07, 6.45) is 8.91. The first kappa shape index (κ1) is 16.5. The third-order valence-corrected chi connectivity index (χ3v) is 3.51. The van der Waals surface area contributed by atoms with Crippen LogP contribution in [0.4, 0.5) is 0 Å². The van der Waals surface area contributed by atoms with Gasteiger partial charge in [-0.05, 0) is 42.8 Å². The molecule has 2 aromatic rings. The largest absolute Gasteiger partial charge is 0.454 e. The molecule has 0 saturated carbocycles. The van der Waals surface area contributed by atoms with Gasteiger partial charge < -0.3 is 9.47 Å². The van der Waals surface area contributed by atoms with Crippen LogP contribution in [0, 0.1) is 6.92 Å². The number of nitrogens with zero attached hydrogens (tertiary/aromatic N) is 1. The van der Waals surface area contributed by atoms with Crippen molar-refractivity contribution in [2.75, 3.05) is 6.79 Å². The van der Waals surface area contributed by atoms with Gasteiger partial charge in [0.05, 0.1) is 0 Å². The van der Waals surface area contributed by atoms with Crippen molar-refractivity contribution in [2.24, 2.45) is 5.10 Å². The summed E-state index contributed by atoms with van der Waals surface area (Å²) in [5, 5.41) is 3.89. The zero-order chi connectivity index (χ0) is 17.5. The van der Waals surface area contributed by atoms with E-state index in [1.54, 1.807) is 12.1 Å². The van der Waals surface area contributed by atoms with Crippen molar-refractivity contribution in [3.63, 3.8) is 0 Å². The van der Waals surface area contributed by atoms with E-state index in [0.717, 1.165) is 22.6 Å². The molecule has 5 heteroatoms. The Hall–Kier alpha value is -3.34. The van der Waals surface area contributed by atoms with E-state index >= 15 is 0 Å². The van der Waals surface area contributed by atoms with Crippen LogP contribution in [0.15, 0.2) is 65.8 Å². The van der Waals surface area contributed by atoms with Crippen molar-refractivity contribution < 1.29 is 14.3 Å². The molecule has 1 amide bonds. The summed E-state index contributed by atoms with van der Waals surface area (Å²) in [7, 11) is 0. The number of amides is 1. The maximum Gasteiger partial charge on any atom is 0.271 e. The quantitative estimate of drug-likeness (QED) is 0.515. The standard InChI is InChI=1S/C20H18N2O3/c1-15-6-5-8-17(12-15)20(23)22-21-11-4-2-3-7-16-9-10-18-19(13-16)25-14-24-18/h2-13H,14H2,1H3,(H,22,23)/b4-2+,7-3+,21-11+. The molecule has 1 aliphatic heterocycles. The van der Waals surface area contributed by atoms with E-state index in [9.17, 15) is 4.79 Å². The minimum atomic E-state index is -0.232. The molecular formula is C20H18N2O3. The van der Waals surface area contributed by atoms with Crippen molar-refractivity contribution in [3.05, 3.63) is 77.4 Å². The number of benzene rings is 2. The molecule has 1 heterocycles. The van der Waals surface area contributed by atoms with Crippen LogP contribution in [-0.4, -0.2) is 18.9 Å². The molecule has 2 aromatic carbocycles. The lowest BCUT2D eigenvalue weighted by Crippen LogP contribution is -2.17. The third kappa shape index (κ3) is 4.57. The first-order valence-corrected chi connectivity index (χ1v) is 7.85. The highest BCUT2D eigenvalue weighted by atomic mass is 16.7.